The van der Waals surface area contributed by atoms with Crippen molar-refractivity contribution in [2.45, 2.75) is 34.1 Å². The maximum atomic E-state index is 12.1. The molecule has 0 aliphatic carbocycles. The highest BCUT2D eigenvalue weighted by molar-refractivity contribution is 6.34. The van der Waals surface area contributed by atoms with Crippen LogP contribution >= 0.6 is 11.6 Å². The Hall–Kier alpha value is -2.33. The smallest absolute Gasteiger partial charge is 0.233 e. The van der Waals surface area contributed by atoms with Gasteiger partial charge in [0.25, 0.3) is 0 Å². The Balaban J connectivity index is 2.04. The zero-order valence-electron chi connectivity index (χ0n) is 14.3. The van der Waals surface area contributed by atoms with Crippen LogP contribution < -0.4 is 10.6 Å². The summed E-state index contributed by atoms with van der Waals surface area (Å²) >= 11 is 6.17. The number of halogens is 1. The van der Waals surface area contributed by atoms with Crippen LogP contribution in [0.25, 0.3) is 0 Å². The fourth-order valence-electron chi connectivity index (χ4n) is 2.60. The van der Waals surface area contributed by atoms with Gasteiger partial charge in [-0.1, -0.05) is 35.9 Å². The topological polar surface area (TPSA) is 58.2 Å². The van der Waals surface area contributed by atoms with E-state index in [1.807, 2.05) is 52.0 Å². The predicted molar refractivity (Wildman–Crippen MR) is 98.7 cm³/mol. The number of aryl methyl sites for hydroxylation is 4. The standard InChI is InChI=1S/C19H21ClN2O2/c1-11-8-14(4)19(15(20)9-11)22-17(24)10-16(23)21-18-12(2)6-5-7-13(18)3/h5-9H,10H2,1-4H3,(H,21,23)(H,22,24). The molecule has 0 saturated carbocycles. The molecule has 0 aliphatic rings. The molecular formula is C19H21ClN2O2. The highest BCUT2D eigenvalue weighted by Crippen LogP contribution is 2.27. The van der Waals surface area contributed by atoms with Crippen molar-refractivity contribution in [1.82, 2.24) is 0 Å². The van der Waals surface area contributed by atoms with Crippen LogP contribution in [-0.4, -0.2) is 11.8 Å². The fraction of sp³-hybridized carbons (Fsp3) is 0.263. The van der Waals surface area contributed by atoms with E-state index in [4.69, 9.17) is 11.6 Å². The first-order valence-electron chi connectivity index (χ1n) is 7.70. The van der Waals surface area contributed by atoms with Gasteiger partial charge in [0.2, 0.25) is 11.8 Å². The monoisotopic (exact) mass is 344 g/mol. The van der Waals surface area contributed by atoms with Gasteiger partial charge in [0.15, 0.2) is 0 Å². The lowest BCUT2D eigenvalue weighted by atomic mass is 10.1. The first kappa shape index (κ1) is 18.0. The molecule has 5 heteroatoms. The van der Waals surface area contributed by atoms with Crippen molar-refractivity contribution < 1.29 is 9.59 Å². The third-order valence-electron chi connectivity index (χ3n) is 3.76. The second-order valence-corrected chi connectivity index (χ2v) is 6.39. The summed E-state index contributed by atoms with van der Waals surface area (Å²) in [7, 11) is 0. The summed E-state index contributed by atoms with van der Waals surface area (Å²) in [6, 6.07) is 9.46. The number of carbonyl (C=O) groups is 2. The van der Waals surface area contributed by atoms with E-state index in [0.717, 1.165) is 27.9 Å². The number of rotatable bonds is 4. The first-order valence-corrected chi connectivity index (χ1v) is 8.08. The van der Waals surface area contributed by atoms with Crippen LogP contribution in [0.4, 0.5) is 11.4 Å². The normalized spacial score (nSPS) is 10.4. The fourth-order valence-corrected chi connectivity index (χ4v) is 2.97. The molecular weight excluding hydrogens is 324 g/mol. The van der Waals surface area contributed by atoms with E-state index in [2.05, 4.69) is 10.6 Å². The molecule has 2 rings (SSSR count). The third kappa shape index (κ3) is 4.36. The number of anilines is 2. The first-order chi connectivity index (χ1) is 11.3. The Bertz CT molecular complexity index is 757. The summed E-state index contributed by atoms with van der Waals surface area (Å²) in [4.78, 5) is 24.3. The molecule has 0 radical (unpaired) electrons. The lowest BCUT2D eigenvalue weighted by Gasteiger charge is -2.13. The Kier molecular flexibility index (Phi) is 5.62. The molecule has 2 aromatic rings. The summed E-state index contributed by atoms with van der Waals surface area (Å²) in [5, 5.41) is 5.99. The van der Waals surface area contributed by atoms with Crippen molar-refractivity contribution in [2.24, 2.45) is 0 Å². The Morgan fingerprint density at radius 3 is 1.96 bits per heavy atom. The molecule has 2 aromatic carbocycles. The lowest BCUT2D eigenvalue weighted by Crippen LogP contribution is -2.22. The quantitative estimate of drug-likeness (QED) is 0.800. The summed E-state index contributed by atoms with van der Waals surface area (Å²) in [6.45, 7) is 7.63. The number of para-hydroxylation sites is 1. The number of hydrogen-bond acceptors (Lipinski definition) is 2. The molecule has 0 heterocycles. The van der Waals surface area contributed by atoms with Gasteiger partial charge in [-0.3, -0.25) is 9.59 Å². The number of nitrogens with one attached hydrogen (secondary N) is 2. The average Bonchev–Trinajstić information content (AvgIpc) is 2.47. The van der Waals surface area contributed by atoms with Crippen LogP contribution in [0.5, 0.6) is 0 Å². The van der Waals surface area contributed by atoms with Crippen LogP contribution in [0, 0.1) is 27.7 Å². The second-order valence-electron chi connectivity index (χ2n) is 5.98. The number of amides is 2. The largest absolute Gasteiger partial charge is 0.325 e. The molecule has 0 fully saturated rings. The molecule has 0 atom stereocenters. The van der Waals surface area contributed by atoms with E-state index in [9.17, 15) is 9.59 Å². The lowest BCUT2D eigenvalue weighted by molar-refractivity contribution is -0.123. The zero-order valence-corrected chi connectivity index (χ0v) is 15.0. The molecule has 2 N–H and O–H groups in total. The molecule has 126 valence electrons. The highest BCUT2D eigenvalue weighted by Gasteiger charge is 2.14. The molecule has 4 nitrogen and oxygen atoms in total. The summed E-state index contributed by atoms with van der Waals surface area (Å²) in [5.74, 6) is -0.752. The van der Waals surface area contributed by atoms with Gasteiger partial charge in [0, 0.05) is 5.69 Å². The van der Waals surface area contributed by atoms with Gasteiger partial charge in [-0.2, -0.15) is 0 Å². The maximum Gasteiger partial charge on any atom is 0.233 e. The van der Waals surface area contributed by atoms with Gasteiger partial charge in [-0.25, -0.2) is 0 Å². The summed E-state index contributed by atoms with van der Waals surface area (Å²) in [5.41, 5.74) is 5.10. The summed E-state index contributed by atoms with van der Waals surface area (Å²) < 4.78 is 0. The van der Waals surface area contributed by atoms with Crippen molar-refractivity contribution in [3.05, 3.63) is 57.6 Å². The predicted octanol–water partition coefficient (Wildman–Crippen LogP) is 4.54. The van der Waals surface area contributed by atoms with E-state index >= 15 is 0 Å². The molecule has 0 aliphatic heterocycles. The molecule has 0 aromatic heterocycles. The molecule has 2 amide bonds. The van der Waals surface area contributed by atoms with Crippen LogP contribution in [-0.2, 0) is 9.59 Å². The number of benzene rings is 2. The third-order valence-corrected chi connectivity index (χ3v) is 4.06. The van der Waals surface area contributed by atoms with Crippen molar-refractivity contribution in [1.29, 1.82) is 0 Å². The van der Waals surface area contributed by atoms with Crippen molar-refractivity contribution >= 4 is 34.8 Å². The van der Waals surface area contributed by atoms with E-state index in [1.54, 1.807) is 6.07 Å². The molecule has 0 unspecified atom stereocenters. The Morgan fingerprint density at radius 1 is 0.875 bits per heavy atom. The van der Waals surface area contributed by atoms with Gasteiger partial charge in [0.05, 0.1) is 10.7 Å². The molecule has 24 heavy (non-hydrogen) atoms. The van der Waals surface area contributed by atoms with Crippen molar-refractivity contribution in [2.75, 3.05) is 10.6 Å². The number of carbonyl (C=O) groups excluding carboxylic acids is 2. The molecule has 0 spiro atoms. The van der Waals surface area contributed by atoms with Crippen molar-refractivity contribution in [3.63, 3.8) is 0 Å². The van der Waals surface area contributed by atoms with Gasteiger partial charge >= 0.3 is 0 Å². The average molecular weight is 345 g/mol. The highest BCUT2D eigenvalue weighted by atomic mass is 35.5. The van der Waals surface area contributed by atoms with E-state index in [1.165, 1.54) is 0 Å². The number of hydrogen-bond donors (Lipinski definition) is 2. The van der Waals surface area contributed by atoms with Crippen LogP contribution in [0.3, 0.4) is 0 Å². The molecule has 0 bridgehead atoms. The molecule has 0 saturated heterocycles. The van der Waals surface area contributed by atoms with Gasteiger partial charge in [-0.05, 0) is 56.0 Å². The SMILES string of the molecule is Cc1cc(C)c(NC(=O)CC(=O)Nc2c(C)cccc2C)c(Cl)c1. The van der Waals surface area contributed by atoms with Crippen molar-refractivity contribution in [3.8, 4) is 0 Å². The van der Waals surface area contributed by atoms with E-state index in [0.29, 0.717) is 10.7 Å². The van der Waals surface area contributed by atoms with E-state index < -0.39 is 5.91 Å². The van der Waals surface area contributed by atoms with Gasteiger partial charge in [-0.15, -0.1) is 0 Å². The van der Waals surface area contributed by atoms with Crippen LogP contribution in [0.1, 0.15) is 28.7 Å². The minimum atomic E-state index is -0.396. The minimum absolute atomic E-state index is 0.266. The maximum absolute atomic E-state index is 12.1. The second kappa shape index (κ2) is 7.49. The minimum Gasteiger partial charge on any atom is -0.325 e. The zero-order chi connectivity index (χ0) is 17.9. The van der Waals surface area contributed by atoms with Crippen LogP contribution in [0.2, 0.25) is 5.02 Å². The van der Waals surface area contributed by atoms with Crippen LogP contribution in [0.15, 0.2) is 30.3 Å². The Morgan fingerprint density at radius 2 is 1.42 bits per heavy atom. The van der Waals surface area contributed by atoms with Gasteiger partial charge in [0.1, 0.15) is 6.42 Å². The summed E-state index contributed by atoms with van der Waals surface area (Å²) in [6.07, 6.45) is -0.266. The Labute approximate surface area is 147 Å². The van der Waals surface area contributed by atoms with Gasteiger partial charge < -0.3 is 10.6 Å². The van der Waals surface area contributed by atoms with E-state index in [-0.39, 0.29) is 12.3 Å².